The lowest BCUT2D eigenvalue weighted by atomic mass is 9.62. The lowest BCUT2D eigenvalue weighted by Crippen LogP contribution is -2.38. The molecule has 0 aliphatic heterocycles. The molecule has 0 aromatic carbocycles. The van der Waals surface area contributed by atoms with Crippen LogP contribution in [0.15, 0.2) is 11.6 Å². The fraction of sp³-hybridized carbons (Fsp3) is 0.818. The number of hydrogen-bond donors (Lipinski definition) is 0. The quantitative estimate of drug-likeness (QED) is 0.398. The van der Waals surface area contributed by atoms with Gasteiger partial charge in [-0.25, -0.2) is 0 Å². The monoisotopic (exact) mass is 182 g/mol. The third-order valence-corrected chi connectivity index (χ3v) is 4.77. The van der Waals surface area contributed by atoms with Crippen molar-refractivity contribution in [2.24, 2.45) is 17.8 Å². The van der Waals surface area contributed by atoms with Gasteiger partial charge in [0.05, 0.1) is 5.38 Å². The summed E-state index contributed by atoms with van der Waals surface area (Å²) in [5, 5.41) is 0.413. The number of hydrogen-bond acceptors (Lipinski definition) is 0. The predicted octanol–water partition coefficient (Wildman–Crippen LogP) is 3.36. The van der Waals surface area contributed by atoms with Crippen LogP contribution in [0.5, 0.6) is 0 Å². The van der Waals surface area contributed by atoms with E-state index in [1.54, 1.807) is 5.57 Å². The number of alkyl halides is 1. The Balaban J connectivity index is 2.00. The molecule has 0 spiro atoms. The van der Waals surface area contributed by atoms with Gasteiger partial charge in [-0.1, -0.05) is 11.6 Å². The van der Waals surface area contributed by atoms with Crippen molar-refractivity contribution < 1.29 is 0 Å². The molecular formula is C11H15Cl. The molecule has 4 aliphatic rings. The third kappa shape index (κ3) is 0.849. The molecule has 0 saturated heterocycles. The number of allylic oxidation sites excluding steroid dienone is 2. The summed E-state index contributed by atoms with van der Waals surface area (Å²) in [5.41, 5.74) is 1.57. The maximum atomic E-state index is 6.44. The van der Waals surface area contributed by atoms with Gasteiger partial charge >= 0.3 is 0 Å². The van der Waals surface area contributed by atoms with Crippen LogP contribution < -0.4 is 0 Å². The maximum absolute atomic E-state index is 6.44. The van der Waals surface area contributed by atoms with Gasteiger partial charge in [-0.2, -0.15) is 0 Å². The summed E-state index contributed by atoms with van der Waals surface area (Å²) in [7, 11) is 0. The van der Waals surface area contributed by atoms with Crippen molar-refractivity contribution >= 4 is 11.6 Å². The molecule has 0 aromatic heterocycles. The van der Waals surface area contributed by atoms with E-state index >= 15 is 0 Å². The molecule has 0 aromatic rings. The number of halogens is 1. The van der Waals surface area contributed by atoms with Crippen LogP contribution in [0.4, 0.5) is 0 Å². The van der Waals surface area contributed by atoms with Crippen molar-refractivity contribution in [1.82, 2.24) is 0 Å². The smallest absolute Gasteiger partial charge is 0.0576 e. The zero-order chi connectivity index (χ0) is 8.13. The lowest BCUT2D eigenvalue weighted by Gasteiger charge is -2.44. The average Bonchev–Trinajstić information content (AvgIpc) is 2.28. The lowest BCUT2D eigenvalue weighted by molar-refractivity contribution is 0.0754. The van der Waals surface area contributed by atoms with Gasteiger partial charge in [0, 0.05) is 0 Å². The molecule has 0 N–H and O–H groups in total. The van der Waals surface area contributed by atoms with E-state index in [1.807, 2.05) is 0 Å². The first-order valence-corrected chi connectivity index (χ1v) is 5.63. The van der Waals surface area contributed by atoms with Crippen LogP contribution in [-0.2, 0) is 0 Å². The first kappa shape index (κ1) is 7.44. The van der Waals surface area contributed by atoms with Gasteiger partial charge in [-0.05, 0) is 49.9 Å². The van der Waals surface area contributed by atoms with E-state index in [2.05, 4.69) is 6.08 Å². The second-order valence-electron chi connectivity index (χ2n) is 4.62. The Morgan fingerprint density at radius 3 is 3.08 bits per heavy atom. The molecule has 4 unspecified atom stereocenters. The Hall–Kier alpha value is 0.0300. The summed E-state index contributed by atoms with van der Waals surface area (Å²) in [6.45, 7) is 0. The van der Waals surface area contributed by atoms with Crippen molar-refractivity contribution in [1.29, 1.82) is 0 Å². The summed E-state index contributed by atoms with van der Waals surface area (Å²) >= 11 is 6.44. The Kier molecular flexibility index (Phi) is 1.55. The van der Waals surface area contributed by atoms with E-state index in [9.17, 15) is 0 Å². The number of rotatable bonds is 0. The van der Waals surface area contributed by atoms with Crippen LogP contribution in [0.25, 0.3) is 0 Å². The van der Waals surface area contributed by atoms with Crippen LogP contribution in [0, 0.1) is 17.8 Å². The largest absolute Gasteiger partial charge is 0.118 e. The standard InChI is InChI=1S/C11H15Cl/c12-11-7-2-1-3-9-8(5-4-7)6-10(9)11/h2,8-11H,1,3-6H2. The van der Waals surface area contributed by atoms with E-state index in [0.717, 1.165) is 17.8 Å². The highest BCUT2D eigenvalue weighted by Crippen LogP contribution is 2.55. The van der Waals surface area contributed by atoms with Gasteiger partial charge in [-0.3, -0.25) is 0 Å². The minimum atomic E-state index is 0.413. The Morgan fingerprint density at radius 2 is 2.17 bits per heavy atom. The molecule has 0 amide bonds. The van der Waals surface area contributed by atoms with Crippen LogP contribution in [0.1, 0.15) is 32.1 Å². The zero-order valence-corrected chi connectivity index (χ0v) is 8.06. The molecule has 4 bridgehead atoms. The van der Waals surface area contributed by atoms with Gasteiger partial charge in [-0.15, -0.1) is 11.6 Å². The highest BCUT2D eigenvalue weighted by Gasteiger charge is 2.47. The molecule has 3 fully saturated rings. The molecule has 12 heavy (non-hydrogen) atoms. The predicted molar refractivity (Wildman–Crippen MR) is 51.3 cm³/mol. The van der Waals surface area contributed by atoms with E-state index in [4.69, 9.17) is 11.6 Å². The van der Waals surface area contributed by atoms with Crippen molar-refractivity contribution in [2.45, 2.75) is 37.5 Å². The Labute approximate surface area is 79.0 Å². The van der Waals surface area contributed by atoms with E-state index in [0.29, 0.717) is 5.38 Å². The van der Waals surface area contributed by atoms with Gasteiger partial charge in [0.15, 0.2) is 0 Å². The first-order valence-electron chi connectivity index (χ1n) is 5.19. The highest BCUT2D eigenvalue weighted by atomic mass is 35.5. The molecule has 66 valence electrons. The van der Waals surface area contributed by atoms with E-state index < -0.39 is 0 Å². The van der Waals surface area contributed by atoms with Crippen LogP contribution >= 0.6 is 11.6 Å². The van der Waals surface area contributed by atoms with Gasteiger partial charge in [0.2, 0.25) is 0 Å². The van der Waals surface area contributed by atoms with Crippen LogP contribution in [-0.4, -0.2) is 5.38 Å². The van der Waals surface area contributed by atoms with Gasteiger partial charge in [0.1, 0.15) is 0 Å². The highest BCUT2D eigenvalue weighted by molar-refractivity contribution is 6.22. The average molecular weight is 183 g/mol. The normalized spacial score (nSPS) is 50.6. The van der Waals surface area contributed by atoms with Crippen molar-refractivity contribution in [3.63, 3.8) is 0 Å². The second kappa shape index (κ2) is 2.51. The third-order valence-electron chi connectivity index (χ3n) is 4.17. The topological polar surface area (TPSA) is 0 Å². The molecular weight excluding hydrogens is 168 g/mol. The van der Waals surface area contributed by atoms with E-state index in [-0.39, 0.29) is 0 Å². The Bertz CT molecular complexity index is 231. The Morgan fingerprint density at radius 1 is 1.25 bits per heavy atom. The summed E-state index contributed by atoms with van der Waals surface area (Å²) in [6.07, 6.45) is 9.29. The van der Waals surface area contributed by atoms with Crippen molar-refractivity contribution in [2.75, 3.05) is 0 Å². The zero-order valence-electron chi connectivity index (χ0n) is 7.30. The van der Waals surface area contributed by atoms with Crippen molar-refractivity contribution in [3.05, 3.63) is 11.6 Å². The maximum Gasteiger partial charge on any atom is 0.0576 e. The SMILES string of the molecule is ClC1C2=CCCC3C(CC2)CC13. The van der Waals surface area contributed by atoms with Crippen molar-refractivity contribution in [3.8, 4) is 0 Å². The summed E-state index contributed by atoms with van der Waals surface area (Å²) < 4.78 is 0. The minimum absolute atomic E-state index is 0.413. The molecule has 4 rings (SSSR count). The molecule has 3 saturated carbocycles. The number of fused-ring (bicyclic) bond motifs is 1. The van der Waals surface area contributed by atoms with Gasteiger partial charge < -0.3 is 0 Å². The van der Waals surface area contributed by atoms with E-state index in [1.165, 1.54) is 32.1 Å². The molecule has 0 nitrogen and oxygen atoms in total. The second-order valence-corrected chi connectivity index (χ2v) is 5.09. The van der Waals surface area contributed by atoms with Gasteiger partial charge in [0.25, 0.3) is 0 Å². The molecule has 0 heterocycles. The fourth-order valence-electron chi connectivity index (χ4n) is 3.41. The molecule has 4 atom stereocenters. The van der Waals surface area contributed by atoms with Crippen LogP contribution in [0.3, 0.4) is 0 Å². The minimum Gasteiger partial charge on any atom is -0.118 e. The molecule has 4 aliphatic carbocycles. The summed E-state index contributed by atoms with van der Waals surface area (Å²) in [5.74, 6) is 2.89. The van der Waals surface area contributed by atoms with Crippen LogP contribution in [0.2, 0.25) is 0 Å². The first-order chi connectivity index (χ1) is 5.86. The fourth-order valence-corrected chi connectivity index (χ4v) is 3.90. The molecule has 0 radical (unpaired) electrons. The summed E-state index contributed by atoms with van der Waals surface area (Å²) in [6, 6.07) is 0. The summed E-state index contributed by atoms with van der Waals surface area (Å²) in [4.78, 5) is 0. The molecule has 1 heteroatoms.